The van der Waals surface area contributed by atoms with E-state index in [0.29, 0.717) is 17.0 Å². The molecule has 0 bridgehead atoms. The maximum Gasteiger partial charge on any atom is 0.199 e. The monoisotopic (exact) mass is 406 g/mol. The maximum atomic E-state index is 10.6. The van der Waals surface area contributed by atoms with Crippen molar-refractivity contribution in [1.29, 1.82) is 0 Å². The molecule has 0 aliphatic heterocycles. The number of fused-ring (bicyclic) bond motifs is 1. The van der Waals surface area contributed by atoms with Gasteiger partial charge in [0.1, 0.15) is 0 Å². The van der Waals surface area contributed by atoms with Crippen molar-refractivity contribution in [2.45, 2.75) is 6.92 Å². The molecule has 0 saturated carbocycles. The van der Waals surface area contributed by atoms with Gasteiger partial charge in [0.2, 0.25) is 0 Å². The van der Waals surface area contributed by atoms with Gasteiger partial charge in [-0.3, -0.25) is 0 Å². The number of aromatic nitrogens is 3. The molecule has 5 nitrogen and oxygen atoms in total. The zero-order chi connectivity index (χ0) is 18.1. The smallest absolute Gasteiger partial charge is 0.199 e. The molecule has 0 radical (unpaired) electrons. The molecule has 0 saturated heterocycles. The Morgan fingerprint density at radius 3 is 2.69 bits per heavy atom. The first-order valence-electron chi connectivity index (χ1n) is 8.06. The normalized spacial score (nSPS) is 11.8. The van der Waals surface area contributed by atoms with Gasteiger partial charge in [0.25, 0.3) is 0 Å². The van der Waals surface area contributed by atoms with Crippen LogP contribution in [-0.4, -0.2) is 26.0 Å². The Hall–Kier alpha value is -2.99. The molecule has 0 unspecified atom stereocenters. The number of nitrogens with one attached hydrogen (secondary N) is 1. The van der Waals surface area contributed by atoms with Crippen molar-refractivity contribution >= 4 is 38.2 Å². The van der Waals surface area contributed by atoms with Gasteiger partial charge in [0.15, 0.2) is 5.88 Å². The fraction of sp³-hybridized carbons (Fsp3) is 0.0500. The van der Waals surface area contributed by atoms with Crippen molar-refractivity contribution in [2.75, 3.05) is 0 Å². The predicted molar refractivity (Wildman–Crippen MR) is 106 cm³/mol. The number of aliphatic imine (C=N–C) groups is 1. The minimum Gasteiger partial charge on any atom is -0.494 e. The van der Waals surface area contributed by atoms with E-state index in [1.54, 1.807) is 6.20 Å². The van der Waals surface area contributed by atoms with Crippen molar-refractivity contribution in [3.05, 3.63) is 82.1 Å². The number of halogens is 1. The number of rotatable bonds is 3. The molecule has 0 spiro atoms. The largest absolute Gasteiger partial charge is 0.494 e. The molecule has 2 N–H and O–H groups in total. The summed E-state index contributed by atoms with van der Waals surface area (Å²) < 4.78 is 0.930. The number of H-pyrrole nitrogens is 1. The van der Waals surface area contributed by atoms with Crippen LogP contribution in [0.25, 0.3) is 10.9 Å². The van der Waals surface area contributed by atoms with Gasteiger partial charge in [-0.2, -0.15) is 10.2 Å². The Morgan fingerprint density at radius 2 is 1.92 bits per heavy atom. The summed E-state index contributed by atoms with van der Waals surface area (Å²) in [5.74, 6) is 0.0828. The molecule has 128 valence electrons. The van der Waals surface area contributed by atoms with Gasteiger partial charge in [-0.05, 0) is 31.2 Å². The molecule has 0 aliphatic carbocycles. The van der Waals surface area contributed by atoms with Gasteiger partial charge in [-0.1, -0.05) is 46.3 Å². The molecule has 0 fully saturated rings. The molecule has 4 rings (SSSR count). The number of hydrogen-bond donors (Lipinski definition) is 2. The van der Waals surface area contributed by atoms with Crippen LogP contribution in [0.5, 0.6) is 5.88 Å². The van der Waals surface area contributed by atoms with E-state index in [1.165, 1.54) is 0 Å². The molecule has 2 heterocycles. The number of hydrogen-bond acceptors (Lipinski definition) is 4. The lowest BCUT2D eigenvalue weighted by atomic mass is 10.0. The lowest BCUT2D eigenvalue weighted by molar-refractivity contribution is 0.457. The standard InChI is InChI=1S/C20H15BrN4O/c1-12-9-15(11-22-25-12)23-19(13-5-3-2-4-6-13)18-16-10-14(21)7-8-17(16)24-20(18)26/h2-11,24,26H,1H3. The van der Waals surface area contributed by atoms with E-state index in [0.717, 1.165) is 26.6 Å². The number of aryl methyl sites for hydroxylation is 1. The highest BCUT2D eigenvalue weighted by atomic mass is 79.9. The van der Waals surface area contributed by atoms with Crippen LogP contribution in [0.15, 0.2) is 70.3 Å². The van der Waals surface area contributed by atoms with E-state index in [9.17, 15) is 5.11 Å². The van der Waals surface area contributed by atoms with Gasteiger partial charge in [-0.25, -0.2) is 4.99 Å². The van der Waals surface area contributed by atoms with Crippen molar-refractivity contribution in [2.24, 2.45) is 4.99 Å². The van der Waals surface area contributed by atoms with E-state index in [2.05, 4.69) is 31.1 Å². The molecule has 0 atom stereocenters. The molecule has 0 amide bonds. The second-order valence-corrected chi connectivity index (χ2v) is 6.84. The average molecular weight is 407 g/mol. The third kappa shape index (κ3) is 3.11. The van der Waals surface area contributed by atoms with Crippen LogP contribution in [0.2, 0.25) is 0 Å². The first-order valence-corrected chi connectivity index (χ1v) is 8.85. The van der Waals surface area contributed by atoms with Gasteiger partial charge < -0.3 is 10.1 Å². The minimum absolute atomic E-state index is 0.0828. The van der Waals surface area contributed by atoms with Gasteiger partial charge in [0, 0.05) is 20.9 Å². The maximum absolute atomic E-state index is 10.6. The molecule has 6 heteroatoms. The van der Waals surface area contributed by atoms with Crippen molar-refractivity contribution in [3.8, 4) is 5.88 Å². The summed E-state index contributed by atoms with van der Waals surface area (Å²) in [6.07, 6.45) is 1.61. The fourth-order valence-electron chi connectivity index (χ4n) is 2.90. The number of aromatic amines is 1. The van der Waals surface area contributed by atoms with Crippen LogP contribution in [0.3, 0.4) is 0 Å². The second-order valence-electron chi connectivity index (χ2n) is 5.92. The minimum atomic E-state index is 0.0828. The molecule has 2 aromatic heterocycles. The van der Waals surface area contributed by atoms with Crippen LogP contribution in [0, 0.1) is 6.92 Å². The molecule has 0 aliphatic rings. The summed E-state index contributed by atoms with van der Waals surface area (Å²) in [7, 11) is 0. The summed E-state index contributed by atoms with van der Waals surface area (Å²) in [6.45, 7) is 1.87. The topological polar surface area (TPSA) is 74.2 Å². The fourth-order valence-corrected chi connectivity index (χ4v) is 3.26. The highest BCUT2D eigenvalue weighted by molar-refractivity contribution is 9.10. The van der Waals surface area contributed by atoms with E-state index >= 15 is 0 Å². The third-order valence-corrected chi connectivity index (χ3v) is 4.52. The first-order chi connectivity index (χ1) is 12.6. The van der Waals surface area contributed by atoms with Crippen LogP contribution < -0.4 is 0 Å². The Morgan fingerprint density at radius 1 is 1.12 bits per heavy atom. The summed E-state index contributed by atoms with van der Waals surface area (Å²) in [6, 6.07) is 17.5. The SMILES string of the molecule is Cc1cc(N=C(c2ccccc2)c2c(O)[nH]c3ccc(Br)cc23)cnn1. The first kappa shape index (κ1) is 16.5. The van der Waals surface area contributed by atoms with E-state index < -0.39 is 0 Å². The molecule has 2 aromatic carbocycles. The Bertz CT molecular complexity index is 1120. The van der Waals surface area contributed by atoms with Gasteiger partial charge >= 0.3 is 0 Å². The molecular weight excluding hydrogens is 392 g/mol. The predicted octanol–water partition coefficient (Wildman–Crippen LogP) is 4.90. The van der Waals surface area contributed by atoms with Gasteiger partial charge in [0.05, 0.1) is 28.9 Å². The summed E-state index contributed by atoms with van der Waals surface area (Å²) >= 11 is 3.50. The zero-order valence-electron chi connectivity index (χ0n) is 13.9. The van der Waals surface area contributed by atoms with E-state index in [1.807, 2.05) is 61.5 Å². The number of nitrogens with zero attached hydrogens (tertiary/aromatic N) is 3. The quantitative estimate of drug-likeness (QED) is 0.475. The second kappa shape index (κ2) is 6.72. The lowest BCUT2D eigenvalue weighted by Crippen LogP contribution is -2.03. The number of benzene rings is 2. The van der Waals surface area contributed by atoms with E-state index in [-0.39, 0.29) is 5.88 Å². The Kier molecular flexibility index (Phi) is 4.26. The zero-order valence-corrected chi connectivity index (χ0v) is 15.5. The molecule has 4 aromatic rings. The van der Waals surface area contributed by atoms with Crippen LogP contribution in [0.1, 0.15) is 16.8 Å². The third-order valence-electron chi connectivity index (χ3n) is 4.03. The molecule has 26 heavy (non-hydrogen) atoms. The van der Waals surface area contributed by atoms with Crippen molar-refractivity contribution < 1.29 is 5.11 Å². The molecular formula is C20H15BrN4O. The average Bonchev–Trinajstić information content (AvgIpc) is 2.95. The summed E-state index contributed by atoms with van der Waals surface area (Å²) in [4.78, 5) is 7.82. The van der Waals surface area contributed by atoms with Gasteiger partial charge in [-0.15, -0.1) is 0 Å². The van der Waals surface area contributed by atoms with Crippen LogP contribution in [-0.2, 0) is 0 Å². The van der Waals surface area contributed by atoms with Crippen LogP contribution in [0.4, 0.5) is 5.69 Å². The van der Waals surface area contributed by atoms with Crippen LogP contribution >= 0.6 is 15.9 Å². The van der Waals surface area contributed by atoms with Crippen molar-refractivity contribution in [1.82, 2.24) is 15.2 Å². The summed E-state index contributed by atoms with van der Waals surface area (Å²) in [5, 5.41) is 19.5. The number of aromatic hydroxyl groups is 1. The Labute approximate surface area is 158 Å². The van der Waals surface area contributed by atoms with Crippen molar-refractivity contribution in [3.63, 3.8) is 0 Å². The summed E-state index contributed by atoms with van der Waals surface area (Å²) in [5.41, 5.74) is 4.53. The lowest BCUT2D eigenvalue weighted by Gasteiger charge is -2.08. The Balaban J connectivity index is 2.01. The highest BCUT2D eigenvalue weighted by Crippen LogP contribution is 2.33. The highest BCUT2D eigenvalue weighted by Gasteiger charge is 2.18. The van der Waals surface area contributed by atoms with E-state index in [4.69, 9.17) is 4.99 Å².